The molecule has 0 aromatic heterocycles. The number of nitrogens with zero attached hydrogens (tertiary/aromatic N) is 2. The lowest BCUT2D eigenvalue weighted by molar-refractivity contribution is -0.178. The molecule has 0 radical (unpaired) electrons. The standard InChI is InChI=1S/C50H50N4O10/c1-30(2)40(46(58)62-3)52-49(61)53-36-25-15-14-24-35(36)50(48(53)60)39(45(57)51-29-37(56)31-17-7-4-8-18-31)42-47(59)64-43(33-21-11-6-12-22-33)41(32-19-9-5-10-20-32)54(42)44(50)34-23-13-16-26-38(34)63-28-27-55/h4-26,30,37,39-44,55-56H,27-29H2,1-3H3,(H,51,57)(H,52,61)/t37-,39-,40-,41-,42-,43+,44+,50-/m0/s1. The van der Waals surface area contributed by atoms with E-state index in [0.29, 0.717) is 22.3 Å². The van der Waals surface area contributed by atoms with Crippen LogP contribution in [0.25, 0.3) is 0 Å². The first kappa shape index (κ1) is 43.8. The summed E-state index contributed by atoms with van der Waals surface area (Å²) in [6.45, 7) is 2.69. The third-order valence-corrected chi connectivity index (χ3v) is 12.5. The molecular weight excluding hydrogens is 817 g/mol. The second-order valence-corrected chi connectivity index (χ2v) is 16.4. The van der Waals surface area contributed by atoms with E-state index in [2.05, 4.69) is 10.6 Å². The van der Waals surface area contributed by atoms with E-state index in [1.165, 1.54) is 7.11 Å². The van der Waals surface area contributed by atoms with Gasteiger partial charge in [-0.25, -0.2) is 14.5 Å². The van der Waals surface area contributed by atoms with Crippen molar-refractivity contribution in [3.63, 3.8) is 0 Å². The number of urea groups is 1. The Bertz CT molecular complexity index is 2510. The lowest BCUT2D eigenvalue weighted by Gasteiger charge is -2.46. The van der Waals surface area contributed by atoms with Crippen LogP contribution in [0.3, 0.4) is 0 Å². The molecule has 4 amide bonds. The summed E-state index contributed by atoms with van der Waals surface area (Å²) < 4.78 is 17.7. The Kier molecular flexibility index (Phi) is 12.6. The van der Waals surface area contributed by atoms with Crippen LogP contribution in [0.4, 0.5) is 10.5 Å². The number of amides is 4. The molecule has 0 bridgehead atoms. The molecular formula is C50H50N4O10. The molecule has 0 saturated carbocycles. The normalized spacial score (nSPS) is 23.5. The van der Waals surface area contributed by atoms with Crippen molar-refractivity contribution in [3.8, 4) is 5.75 Å². The maximum atomic E-state index is 16.3. The number of fused-ring (bicyclic) bond motifs is 3. The van der Waals surface area contributed by atoms with Gasteiger partial charge in [-0.2, -0.15) is 0 Å². The van der Waals surface area contributed by atoms with Crippen molar-refractivity contribution < 1.29 is 48.4 Å². The number of aliphatic hydroxyl groups is 2. The Morgan fingerprint density at radius 3 is 2.06 bits per heavy atom. The van der Waals surface area contributed by atoms with Gasteiger partial charge in [0.05, 0.1) is 43.5 Å². The van der Waals surface area contributed by atoms with Crippen LogP contribution in [0.15, 0.2) is 140 Å². The number of hydrogen-bond donors (Lipinski definition) is 4. The summed E-state index contributed by atoms with van der Waals surface area (Å²) in [4.78, 5) is 77.7. The second kappa shape index (κ2) is 18.5. The fourth-order valence-corrected chi connectivity index (χ4v) is 9.75. The number of para-hydroxylation sites is 2. The number of morpholine rings is 1. The number of hydrogen-bond acceptors (Lipinski definition) is 11. The highest BCUT2D eigenvalue weighted by Gasteiger charge is 2.76. The summed E-state index contributed by atoms with van der Waals surface area (Å²) in [7, 11) is 1.20. The lowest BCUT2D eigenvalue weighted by Crippen LogP contribution is -2.58. The third-order valence-electron chi connectivity index (χ3n) is 12.5. The number of rotatable bonds is 13. The lowest BCUT2D eigenvalue weighted by atomic mass is 9.65. The topological polar surface area (TPSA) is 184 Å². The molecule has 2 saturated heterocycles. The van der Waals surface area contributed by atoms with Gasteiger partial charge in [-0.3, -0.25) is 19.3 Å². The minimum Gasteiger partial charge on any atom is -0.491 e. The van der Waals surface area contributed by atoms with Gasteiger partial charge in [-0.1, -0.05) is 141 Å². The van der Waals surface area contributed by atoms with E-state index in [9.17, 15) is 19.8 Å². The van der Waals surface area contributed by atoms with Gasteiger partial charge in [0.25, 0.3) is 0 Å². The minimum absolute atomic E-state index is 0.124. The average molecular weight is 867 g/mol. The largest absolute Gasteiger partial charge is 0.491 e. The summed E-state index contributed by atoms with van der Waals surface area (Å²) in [6, 6.07) is 35.1. The molecule has 14 nitrogen and oxygen atoms in total. The van der Waals surface area contributed by atoms with Crippen molar-refractivity contribution >= 4 is 35.5 Å². The quantitative estimate of drug-likeness (QED) is 0.110. The number of methoxy groups -OCH3 is 1. The molecule has 8 atom stereocenters. The molecule has 5 aromatic rings. The van der Waals surface area contributed by atoms with Crippen LogP contribution in [0.1, 0.15) is 66.0 Å². The fraction of sp³-hybridized carbons (Fsp3) is 0.300. The van der Waals surface area contributed by atoms with E-state index < -0.39 is 83.4 Å². The smallest absolute Gasteiger partial charge is 0.329 e. The summed E-state index contributed by atoms with van der Waals surface area (Å²) >= 11 is 0. The fourth-order valence-electron chi connectivity index (χ4n) is 9.75. The summed E-state index contributed by atoms with van der Waals surface area (Å²) in [5.74, 6) is -4.93. The molecule has 64 heavy (non-hydrogen) atoms. The molecule has 3 aliphatic heterocycles. The number of imide groups is 1. The van der Waals surface area contributed by atoms with Crippen LogP contribution in [-0.4, -0.2) is 83.8 Å². The van der Waals surface area contributed by atoms with Crippen molar-refractivity contribution in [1.29, 1.82) is 0 Å². The van der Waals surface area contributed by atoms with E-state index in [0.717, 1.165) is 4.90 Å². The molecule has 0 aliphatic carbocycles. The van der Waals surface area contributed by atoms with Gasteiger partial charge in [0.15, 0.2) is 0 Å². The van der Waals surface area contributed by atoms with Crippen molar-refractivity contribution in [2.24, 2.45) is 11.8 Å². The summed E-state index contributed by atoms with van der Waals surface area (Å²) in [5.41, 5.74) is 0.558. The number of anilines is 1. The van der Waals surface area contributed by atoms with E-state index in [-0.39, 0.29) is 36.8 Å². The van der Waals surface area contributed by atoms with Gasteiger partial charge in [0.1, 0.15) is 36.0 Å². The van der Waals surface area contributed by atoms with Crippen LogP contribution < -0.4 is 20.3 Å². The van der Waals surface area contributed by atoms with Crippen molar-refractivity contribution in [2.75, 3.05) is 31.8 Å². The highest BCUT2D eigenvalue weighted by atomic mass is 16.6. The van der Waals surface area contributed by atoms with Gasteiger partial charge in [0, 0.05) is 12.1 Å². The molecule has 8 rings (SSSR count). The number of ether oxygens (including phenoxy) is 3. The summed E-state index contributed by atoms with van der Waals surface area (Å²) in [6.07, 6.45) is -2.13. The van der Waals surface area contributed by atoms with E-state index >= 15 is 14.4 Å². The molecule has 14 heteroatoms. The Morgan fingerprint density at radius 1 is 0.797 bits per heavy atom. The van der Waals surface area contributed by atoms with Crippen LogP contribution >= 0.6 is 0 Å². The van der Waals surface area contributed by atoms with Crippen molar-refractivity contribution in [2.45, 2.75) is 55.6 Å². The minimum atomic E-state index is -2.10. The van der Waals surface area contributed by atoms with Gasteiger partial charge < -0.3 is 35.1 Å². The zero-order chi connectivity index (χ0) is 45.1. The number of aliphatic hydroxyl groups excluding tert-OH is 2. The number of carbonyl (C=O) groups excluding carboxylic acids is 5. The first-order valence-electron chi connectivity index (χ1n) is 21.3. The Hall–Kier alpha value is -6.87. The first-order valence-corrected chi connectivity index (χ1v) is 21.3. The monoisotopic (exact) mass is 866 g/mol. The highest BCUT2D eigenvalue weighted by Crippen LogP contribution is 2.66. The average Bonchev–Trinajstić information content (AvgIpc) is 3.78. The predicted octanol–water partition coefficient (Wildman–Crippen LogP) is 5.48. The van der Waals surface area contributed by atoms with Crippen LogP contribution in [-0.2, 0) is 34.1 Å². The first-order chi connectivity index (χ1) is 31.0. The zero-order valence-corrected chi connectivity index (χ0v) is 35.6. The van der Waals surface area contributed by atoms with E-state index in [1.54, 1.807) is 92.7 Å². The molecule has 3 aliphatic rings. The maximum Gasteiger partial charge on any atom is 0.329 e. The Morgan fingerprint density at radius 2 is 1.41 bits per heavy atom. The number of carbonyl (C=O) groups is 5. The van der Waals surface area contributed by atoms with Crippen LogP contribution in [0, 0.1) is 11.8 Å². The molecule has 4 N–H and O–H groups in total. The Balaban J connectivity index is 1.41. The zero-order valence-electron chi connectivity index (χ0n) is 35.6. The molecule has 5 aromatic carbocycles. The molecule has 1 spiro atoms. The molecule has 330 valence electrons. The molecule has 2 fully saturated rings. The second-order valence-electron chi connectivity index (χ2n) is 16.4. The summed E-state index contributed by atoms with van der Waals surface area (Å²) in [5, 5.41) is 27.0. The van der Waals surface area contributed by atoms with E-state index in [1.807, 2.05) is 65.6 Å². The molecule has 0 unspecified atom stereocenters. The number of cyclic esters (lactones) is 1. The van der Waals surface area contributed by atoms with Crippen LogP contribution in [0.2, 0.25) is 0 Å². The van der Waals surface area contributed by atoms with Gasteiger partial charge >= 0.3 is 18.0 Å². The molecule has 3 heterocycles. The third kappa shape index (κ3) is 7.56. The highest BCUT2D eigenvalue weighted by molar-refractivity contribution is 6.25. The maximum absolute atomic E-state index is 16.3. The van der Waals surface area contributed by atoms with Gasteiger partial charge in [-0.15, -0.1) is 0 Å². The predicted molar refractivity (Wildman–Crippen MR) is 235 cm³/mol. The van der Waals surface area contributed by atoms with Crippen LogP contribution in [0.5, 0.6) is 5.75 Å². The number of esters is 2. The van der Waals surface area contributed by atoms with Crippen molar-refractivity contribution in [1.82, 2.24) is 15.5 Å². The number of benzene rings is 5. The van der Waals surface area contributed by atoms with Gasteiger partial charge in [-0.05, 0) is 40.3 Å². The van der Waals surface area contributed by atoms with Crippen molar-refractivity contribution in [3.05, 3.63) is 167 Å². The van der Waals surface area contributed by atoms with Gasteiger partial charge in [0.2, 0.25) is 11.8 Å². The number of nitrogens with one attached hydrogen (secondary N) is 2. The van der Waals surface area contributed by atoms with E-state index in [4.69, 9.17) is 14.2 Å². The Labute approximate surface area is 370 Å². The SMILES string of the molecule is COC(=O)[C@@H](NC(=O)N1C(=O)[C@@]2(c3ccccc31)[C@H](C(=O)NC[C@H](O)c1ccccc1)[C@H]1C(=O)O[C@H](c3ccccc3)[C@H](c3ccccc3)N1[C@@H]2c1ccccc1OCCO)C(C)C.